The standard InChI is InChI=1S/C18H17FN2O3S/c1-3-20-25(23,24)14-6-4-5-12(9-14)17-11-21(2)18(22)15-8-7-13(19)10-16(15)17/h4-11,20H,3H2,1-2H3. The summed E-state index contributed by atoms with van der Waals surface area (Å²) in [5.41, 5.74) is 0.936. The lowest BCUT2D eigenvalue weighted by molar-refractivity contribution is 0.584. The van der Waals surface area contributed by atoms with Crippen LogP contribution in [0.4, 0.5) is 4.39 Å². The van der Waals surface area contributed by atoms with Gasteiger partial charge in [0.15, 0.2) is 0 Å². The van der Waals surface area contributed by atoms with Crippen molar-refractivity contribution < 1.29 is 12.8 Å². The largest absolute Gasteiger partial charge is 0.317 e. The summed E-state index contributed by atoms with van der Waals surface area (Å²) in [6, 6.07) is 10.3. The molecule has 0 saturated heterocycles. The highest BCUT2D eigenvalue weighted by Gasteiger charge is 2.15. The molecule has 130 valence electrons. The number of aryl methyl sites for hydroxylation is 1. The Hall–Kier alpha value is -2.51. The smallest absolute Gasteiger partial charge is 0.258 e. The number of benzene rings is 2. The lowest BCUT2D eigenvalue weighted by Gasteiger charge is -2.11. The van der Waals surface area contributed by atoms with Gasteiger partial charge in [-0.05, 0) is 41.3 Å². The Bertz CT molecular complexity index is 1120. The van der Waals surface area contributed by atoms with Crippen LogP contribution in [0.3, 0.4) is 0 Å². The SMILES string of the molecule is CCNS(=O)(=O)c1cccc(-c2cn(C)c(=O)c3ccc(F)cc23)c1. The quantitative estimate of drug-likeness (QED) is 0.778. The third-order valence-corrected chi connectivity index (χ3v) is 5.48. The number of nitrogens with one attached hydrogen (secondary N) is 1. The van der Waals surface area contributed by atoms with E-state index in [1.54, 1.807) is 32.3 Å². The summed E-state index contributed by atoms with van der Waals surface area (Å²) in [5.74, 6) is -0.460. The van der Waals surface area contributed by atoms with Gasteiger partial charge >= 0.3 is 0 Å². The predicted octanol–water partition coefficient (Wildman–Crippen LogP) is 2.64. The van der Waals surface area contributed by atoms with E-state index in [-0.39, 0.29) is 17.0 Å². The van der Waals surface area contributed by atoms with Gasteiger partial charge < -0.3 is 4.57 Å². The van der Waals surface area contributed by atoms with Crippen molar-refractivity contribution in [3.8, 4) is 11.1 Å². The van der Waals surface area contributed by atoms with Crippen LogP contribution in [0.1, 0.15) is 6.92 Å². The number of hydrogen-bond acceptors (Lipinski definition) is 3. The van der Waals surface area contributed by atoms with E-state index < -0.39 is 15.8 Å². The number of nitrogens with zero attached hydrogens (tertiary/aromatic N) is 1. The van der Waals surface area contributed by atoms with Crippen LogP contribution in [0, 0.1) is 5.82 Å². The number of hydrogen-bond donors (Lipinski definition) is 1. The third kappa shape index (κ3) is 3.20. The molecule has 5 nitrogen and oxygen atoms in total. The van der Waals surface area contributed by atoms with Gasteiger partial charge in [0.25, 0.3) is 5.56 Å². The first-order valence-electron chi connectivity index (χ1n) is 7.72. The Labute approximate surface area is 144 Å². The molecule has 0 aliphatic rings. The lowest BCUT2D eigenvalue weighted by Crippen LogP contribution is -2.23. The molecule has 0 unspecified atom stereocenters. The van der Waals surface area contributed by atoms with Crippen LogP contribution < -0.4 is 10.3 Å². The van der Waals surface area contributed by atoms with E-state index in [4.69, 9.17) is 0 Å². The zero-order valence-electron chi connectivity index (χ0n) is 13.8. The molecule has 0 saturated carbocycles. The molecule has 1 N–H and O–H groups in total. The number of fused-ring (bicyclic) bond motifs is 1. The second kappa shape index (κ2) is 6.42. The molecule has 0 amide bonds. The zero-order valence-corrected chi connectivity index (χ0v) is 14.6. The molecule has 0 bridgehead atoms. The summed E-state index contributed by atoms with van der Waals surface area (Å²) in [6.07, 6.45) is 1.59. The van der Waals surface area contributed by atoms with Crippen LogP contribution in [0.25, 0.3) is 21.9 Å². The highest BCUT2D eigenvalue weighted by atomic mass is 32.2. The summed E-state index contributed by atoms with van der Waals surface area (Å²) in [5, 5.41) is 0.822. The first kappa shape index (κ1) is 17.3. The summed E-state index contributed by atoms with van der Waals surface area (Å²) in [7, 11) is -2.01. The molecule has 3 aromatic rings. The van der Waals surface area contributed by atoms with Gasteiger partial charge in [0.05, 0.1) is 4.90 Å². The van der Waals surface area contributed by atoms with Crippen LogP contribution in [-0.2, 0) is 17.1 Å². The van der Waals surface area contributed by atoms with E-state index in [9.17, 15) is 17.6 Å². The topological polar surface area (TPSA) is 68.2 Å². The summed E-state index contributed by atoms with van der Waals surface area (Å²) < 4.78 is 42.0. The van der Waals surface area contributed by atoms with E-state index in [0.717, 1.165) is 0 Å². The van der Waals surface area contributed by atoms with Gasteiger partial charge in [-0.3, -0.25) is 4.79 Å². The maximum atomic E-state index is 13.7. The minimum Gasteiger partial charge on any atom is -0.317 e. The fraction of sp³-hybridized carbons (Fsp3) is 0.167. The Kier molecular flexibility index (Phi) is 4.45. The first-order valence-corrected chi connectivity index (χ1v) is 9.21. The fourth-order valence-electron chi connectivity index (χ4n) is 2.77. The number of rotatable bonds is 4. The Balaban J connectivity index is 2.29. The molecule has 1 aromatic heterocycles. The molecule has 2 aromatic carbocycles. The van der Waals surface area contributed by atoms with E-state index >= 15 is 0 Å². The average Bonchev–Trinajstić information content (AvgIpc) is 2.58. The highest BCUT2D eigenvalue weighted by Crippen LogP contribution is 2.29. The maximum Gasteiger partial charge on any atom is 0.258 e. The Morgan fingerprint density at radius 3 is 2.60 bits per heavy atom. The molecule has 0 fully saturated rings. The van der Waals surface area contributed by atoms with Crippen LogP contribution in [0.5, 0.6) is 0 Å². The molecule has 1 heterocycles. The maximum absolute atomic E-state index is 13.7. The van der Waals surface area contributed by atoms with E-state index in [1.165, 1.54) is 34.9 Å². The Morgan fingerprint density at radius 1 is 1.12 bits per heavy atom. The molecule has 0 aliphatic heterocycles. The van der Waals surface area contributed by atoms with Crippen LogP contribution in [0.2, 0.25) is 0 Å². The van der Waals surface area contributed by atoms with E-state index in [0.29, 0.717) is 21.9 Å². The van der Waals surface area contributed by atoms with Crippen LogP contribution in [-0.4, -0.2) is 19.5 Å². The highest BCUT2D eigenvalue weighted by molar-refractivity contribution is 7.89. The molecule has 0 radical (unpaired) electrons. The fourth-order valence-corrected chi connectivity index (χ4v) is 3.86. The van der Waals surface area contributed by atoms with Crippen LogP contribution >= 0.6 is 0 Å². The molecule has 0 atom stereocenters. The van der Waals surface area contributed by atoms with Gasteiger partial charge in [-0.25, -0.2) is 17.5 Å². The number of halogens is 1. The Morgan fingerprint density at radius 2 is 1.88 bits per heavy atom. The number of sulfonamides is 1. The van der Waals surface area contributed by atoms with Crippen molar-refractivity contribution in [3.63, 3.8) is 0 Å². The second-order valence-electron chi connectivity index (χ2n) is 5.68. The summed E-state index contributed by atoms with van der Waals surface area (Å²) in [4.78, 5) is 12.4. The molecular formula is C18H17FN2O3S. The molecule has 3 rings (SSSR count). The van der Waals surface area contributed by atoms with Crippen molar-refractivity contribution in [3.05, 3.63) is 64.8 Å². The summed E-state index contributed by atoms with van der Waals surface area (Å²) in [6.45, 7) is 1.98. The van der Waals surface area contributed by atoms with Crippen LogP contribution in [0.15, 0.2) is 58.4 Å². The minimum absolute atomic E-state index is 0.116. The van der Waals surface area contributed by atoms with E-state index in [1.807, 2.05) is 0 Å². The van der Waals surface area contributed by atoms with Crippen molar-refractivity contribution in [1.29, 1.82) is 0 Å². The zero-order chi connectivity index (χ0) is 18.2. The minimum atomic E-state index is -3.61. The molecule has 0 spiro atoms. The van der Waals surface area contributed by atoms with Gasteiger partial charge in [0.2, 0.25) is 10.0 Å². The number of pyridine rings is 1. The molecule has 0 aliphatic carbocycles. The van der Waals surface area contributed by atoms with Crippen molar-refractivity contribution in [2.24, 2.45) is 7.05 Å². The summed E-state index contributed by atoms with van der Waals surface area (Å²) >= 11 is 0. The van der Waals surface area contributed by atoms with Crippen molar-refractivity contribution in [1.82, 2.24) is 9.29 Å². The lowest BCUT2D eigenvalue weighted by atomic mass is 10.0. The van der Waals surface area contributed by atoms with Gasteiger partial charge in [0, 0.05) is 30.7 Å². The van der Waals surface area contributed by atoms with Crippen molar-refractivity contribution >= 4 is 20.8 Å². The van der Waals surface area contributed by atoms with Crippen molar-refractivity contribution in [2.45, 2.75) is 11.8 Å². The van der Waals surface area contributed by atoms with Gasteiger partial charge in [-0.15, -0.1) is 0 Å². The molecule has 7 heteroatoms. The second-order valence-corrected chi connectivity index (χ2v) is 7.44. The van der Waals surface area contributed by atoms with Gasteiger partial charge in [-0.2, -0.15) is 0 Å². The molecular weight excluding hydrogens is 343 g/mol. The van der Waals surface area contributed by atoms with Gasteiger partial charge in [-0.1, -0.05) is 19.1 Å². The average molecular weight is 360 g/mol. The third-order valence-electron chi connectivity index (χ3n) is 3.93. The van der Waals surface area contributed by atoms with Crippen molar-refractivity contribution in [2.75, 3.05) is 6.54 Å². The van der Waals surface area contributed by atoms with Gasteiger partial charge in [0.1, 0.15) is 5.82 Å². The number of aromatic nitrogens is 1. The monoisotopic (exact) mass is 360 g/mol. The normalized spacial score (nSPS) is 11.8. The first-order chi connectivity index (χ1) is 11.8. The molecule has 25 heavy (non-hydrogen) atoms. The predicted molar refractivity (Wildman–Crippen MR) is 95.4 cm³/mol. The van der Waals surface area contributed by atoms with E-state index in [2.05, 4.69) is 4.72 Å².